The first-order chi connectivity index (χ1) is 14.5. The van der Waals surface area contributed by atoms with Crippen LogP contribution in [0.3, 0.4) is 0 Å². The van der Waals surface area contributed by atoms with Gasteiger partial charge in [-0.3, -0.25) is 0 Å². The molecule has 3 aromatic rings. The van der Waals surface area contributed by atoms with Crippen molar-refractivity contribution in [1.82, 2.24) is 0 Å². The lowest BCUT2D eigenvalue weighted by Gasteiger charge is -2.37. The van der Waals surface area contributed by atoms with Crippen molar-refractivity contribution in [2.45, 2.75) is 31.8 Å². The third-order valence-corrected chi connectivity index (χ3v) is 6.97. The van der Waals surface area contributed by atoms with Gasteiger partial charge in [0, 0.05) is 5.56 Å². The van der Waals surface area contributed by atoms with Crippen molar-refractivity contribution in [3.63, 3.8) is 0 Å². The molecule has 5 rings (SSSR count). The fourth-order valence-electron chi connectivity index (χ4n) is 4.17. The Kier molecular flexibility index (Phi) is 4.41. The van der Waals surface area contributed by atoms with Gasteiger partial charge in [0.05, 0.1) is 25.6 Å². The van der Waals surface area contributed by atoms with Crippen molar-refractivity contribution in [3.8, 4) is 11.5 Å². The van der Waals surface area contributed by atoms with E-state index in [-0.39, 0.29) is 14.4 Å². The van der Waals surface area contributed by atoms with Crippen molar-refractivity contribution in [3.05, 3.63) is 90.9 Å². The molecule has 31 heavy (non-hydrogen) atoms. The van der Waals surface area contributed by atoms with Gasteiger partial charge in [0.15, 0.2) is 5.60 Å². The molecule has 1 spiro atoms. The molecule has 0 bridgehead atoms. The van der Waals surface area contributed by atoms with E-state index in [1.165, 1.54) is 24.3 Å². The predicted molar refractivity (Wildman–Crippen MR) is 119 cm³/mol. The second-order valence-electron chi connectivity index (χ2n) is 8.71. The van der Waals surface area contributed by atoms with Gasteiger partial charge in [-0.2, -0.15) is 0 Å². The van der Waals surface area contributed by atoms with Crippen LogP contribution >= 0.6 is 31.9 Å². The number of fused-ring (bicyclic) bond motifs is 6. The van der Waals surface area contributed by atoms with Crippen LogP contribution in [-0.2, 0) is 15.8 Å². The summed E-state index contributed by atoms with van der Waals surface area (Å²) in [5.41, 5.74) is 0.737. The van der Waals surface area contributed by atoms with Crippen LogP contribution in [0.1, 0.15) is 53.4 Å². The van der Waals surface area contributed by atoms with Gasteiger partial charge < -0.3 is 9.47 Å². The molecule has 2 heterocycles. The van der Waals surface area contributed by atoms with Crippen LogP contribution in [0, 0.1) is 11.6 Å². The fourth-order valence-corrected chi connectivity index (χ4v) is 4.81. The standard InChI is InChI=1S/C24H16Br2F2O3/c1-23(2,3)11-4-5-12-13(6-11)24(31-22(12)29)14-7-18(27)16(25)9-20(14)30-21-10-17(26)19(28)8-15(21)24/h4-10H,1-3H3. The number of ether oxygens (including phenoxy) is 2. The average Bonchev–Trinajstić information content (AvgIpc) is 2.98. The molecule has 0 aliphatic carbocycles. The second kappa shape index (κ2) is 6.62. The number of carbonyl (C=O) groups excluding carboxylic acids is 1. The summed E-state index contributed by atoms with van der Waals surface area (Å²) in [5, 5.41) is 0. The zero-order valence-electron chi connectivity index (χ0n) is 16.8. The molecule has 0 atom stereocenters. The van der Waals surface area contributed by atoms with Gasteiger partial charge in [0.2, 0.25) is 0 Å². The summed E-state index contributed by atoms with van der Waals surface area (Å²) < 4.78 is 41.8. The first-order valence-electron chi connectivity index (χ1n) is 9.57. The Labute approximate surface area is 194 Å². The Morgan fingerprint density at radius 2 is 1.39 bits per heavy atom. The Balaban J connectivity index is 1.92. The van der Waals surface area contributed by atoms with Crippen molar-refractivity contribution in [2.24, 2.45) is 0 Å². The van der Waals surface area contributed by atoms with Crippen LogP contribution in [0.15, 0.2) is 51.4 Å². The molecule has 158 valence electrons. The molecule has 7 heteroatoms. The van der Waals surface area contributed by atoms with Gasteiger partial charge >= 0.3 is 5.97 Å². The number of halogens is 4. The highest BCUT2D eigenvalue weighted by atomic mass is 79.9. The normalized spacial score (nSPS) is 15.8. The monoisotopic (exact) mass is 548 g/mol. The predicted octanol–water partition coefficient (Wildman–Crippen LogP) is 7.36. The lowest BCUT2D eigenvalue weighted by molar-refractivity contribution is 0.0221. The van der Waals surface area contributed by atoms with Gasteiger partial charge in [-0.15, -0.1) is 0 Å². The lowest BCUT2D eigenvalue weighted by atomic mass is 9.75. The van der Waals surface area contributed by atoms with Gasteiger partial charge in [0.1, 0.15) is 23.1 Å². The van der Waals surface area contributed by atoms with E-state index >= 15 is 0 Å². The molecule has 0 saturated carbocycles. The number of esters is 1. The molecule has 0 amide bonds. The molecule has 3 aromatic carbocycles. The van der Waals surface area contributed by atoms with Gasteiger partial charge in [-0.25, -0.2) is 13.6 Å². The molecule has 0 fully saturated rings. The summed E-state index contributed by atoms with van der Waals surface area (Å²) in [6.07, 6.45) is 0. The average molecular weight is 550 g/mol. The van der Waals surface area contributed by atoms with E-state index in [1.54, 1.807) is 6.07 Å². The maximum Gasteiger partial charge on any atom is 0.340 e. The minimum absolute atomic E-state index is 0.207. The number of benzene rings is 3. The summed E-state index contributed by atoms with van der Waals surface area (Å²) in [4.78, 5) is 13.0. The Hall–Kier alpha value is -2.25. The molecule has 0 N–H and O–H groups in total. The Morgan fingerprint density at radius 1 is 0.839 bits per heavy atom. The summed E-state index contributed by atoms with van der Waals surface area (Å²) in [5.74, 6) is -0.999. The first-order valence-corrected chi connectivity index (χ1v) is 11.2. The van der Waals surface area contributed by atoms with Crippen LogP contribution in [-0.4, -0.2) is 5.97 Å². The molecule has 2 aliphatic heterocycles. The first kappa shape index (κ1) is 20.6. The molecule has 0 radical (unpaired) electrons. The van der Waals surface area contributed by atoms with E-state index in [2.05, 4.69) is 52.6 Å². The minimum atomic E-state index is -1.53. The quantitative estimate of drug-likeness (QED) is 0.275. The van der Waals surface area contributed by atoms with Gasteiger partial charge in [-0.1, -0.05) is 26.8 Å². The largest absolute Gasteiger partial charge is 0.456 e. The topological polar surface area (TPSA) is 35.5 Å². The van der Waals surface area contributed by atoms with Crippen molar-refractivity contribution in [1.29, 1.82) is 0 Å². The van der Waals surface area contributed by atoms with Crippen LogP contribution in [0.5, 0.6) is 11.5 Å². The maximum absolute atomic E-state index is 14.7. The van der Waals surface area contributed by atoms with Crippen LogP contribution in [0.2, 0.25) is 0 Å². The number of hydrogen-bond acceptors (Lipinski definition) is 3. The highest BCUT2D eigenvalue weighted by Gasteiger charge is 2.54. The fraction of sp³-hybridized carbons (Fsp3) is 0.208. The van der Waals surface area contributed by atoms with Crippen LogP contribution in [0.25, 0.3) is 0 Å². The van der Waals surface area contributed by atoms with E-state index in [1.807, 2.05) is 12.1 Å². The number of carbonyl (C=O) groups is 1. The summed E-state index contributed by atoms with van der Waals surface area (Å²) in [6, 6.07) is 11.0. The molecule has 0 unspecified atom stereocenters. The van der Waals surface area contributed by atoms with Crippen molar-refractivity contribution >= 4 is 37.8 Å². The Bertz CT molecular complexity index is 1240. The van der Waals surface area contributed by atoms with Crippen molar-refractivity contribution < 1.29 is 23.0 Å². The van der Waals surface area contributed by atoms with E-state index < -0.39 is 23.2 Å². The van der Waals surface area contributed by atoms with Gasteiger partial charge in [0.25, 0.3) is 0 Å². The SMILES string of the molecule is CC(C)(C)c1ccc2c(c1)C1(OC2=O)c2cc(F)c(Br)cc2Oc2cc(Br)c(F)cc21. The lowest BCUT2D eigenvalue weighted by Crippen LogP contribution is -2.33. The van der Waals surface area contributed by atoms with Crippen LogP contribution in [0.4, 0.5) is 8.78 Å². The third-order valence-electron chi connectivity index (χ3n) is 5.75. The number of hydrogen-bond donors (Lipinski definition) is 0. The van der Waals surface area contributed by atoms with Crippen molar-refractivity contribution in [2.75, 3.05) is 0 Å². The highest BCUT2D eigenvalue weighted by molar-refractivity contribution is 9.10. The zero-order valence-corrected chi connectivity index (χ0v) is 20.0. The van der Waals surface area contributed by atoms with E-state index in [9.17, 15) is 13.6 Å². The van der Waals surface area contributed by atoms with E-state index in [0.29, 0.717) is 33.8 Å². The molecule has 2 aliphatic rings. The molecular formula is C24H16Br2F2O3. The summed E-state index contributed by atoms with van der Waals surface area (Å²) in [7, 11) is 0. The maximum atomic E-state index is 14.7. The number of rotatable bonds is 0. The third kappa shape index (κ3) is 2.89. The summed E-state index contributed by atoms with van der Waals surface area (Å²) >= 11 is 6.37. The molecule has 0 saturated heterocycles. The highest BCUT2D eigenvalue weighted by Crippen LogP contribution is 2.57. The van der Waals surface area contributed by atoms with Gasteiger partial charge in [-0.05, 0) is 79.2 Å². The zero-order chi connectivity index (χ0) is 22.3. The smallest absolute Gasteiger partial charge is 0.340 e. The molecular weight excluding hydrogens is 534 g/mol. The Morgan fingerprint density at radius 3 is 1.90 bits per heavy atom. The molecule has 3 nitrogen and oxygen atoms in total. The van der Waals surface area contributed by atoms with E-state index in [4.69, 9.17) is 9.47 Å². The van der Waals surface area contributed by atoms with Crippen LogP contribution < -0.4 is 4.74 Å². The second-order valence-corrected chi connectivity index (χ2v) is 10.4. The summed E-state index contributed by atoms with van der Waals surface area (Å²) in [6.45, 7) is 6.16. The molecule has 0 aromatic heterocycles. The minimum Gasteiger partial charge on any atom is -0.456 e. The van der Waals surface area contributed by atoms with E-state index in [0.717, 1.165) is 5.56 Å².